The molecule has 0 spiro atoms. The van der Waals surface area contributed by atoms with Crippen LogP contribution < -0.4 is 0 Å². The molecule has 220 valence electrons. The molecule has 0 bridgehead atoms. The largest absolute Gasteiger partial charge is 0.109 e. The molecule has 0 saturated heterocycles. The quantitative estimate of drug-likeness (QED) is 0.115. The van der Waals surface area contributed by atoms with Crippen LogP contribution in [0, 0.1) is 13.8 Å². The van der Waals surface area contributed by atoms with Crippen LogP contribution in [0.5, 0.6) is 0 Å². The molecule has 1 heteroatoms. The highest BCUT2D eigenvalue weighted by molar-refractivity contribution is 6.94. The second kappa shape index (κ2) is 13.1. The van der Waals surface area contributed by atoms with Gasteiger partial charge in [0.25, 0.3) is 0 Å². The number of allylic oxidation sites excluding steroid dienone is 2. The summed E-state index contributed by atoms with van der Waals surface area (Å²) in [6, 6.07) is 35.0. The normalized spacial score (nSPS) is 14.0. The first kappa shape index (κ1) is 29.6. The number of hydrogen-bond donors (Lipinski definition) is 0. The third kappa shape index (κ3) is 6.02. The van der Waals surface area contributed by atoms with E-state index in [0.29, 0.717) is 0 Å². The first-order valence-electron chi connectivity index (χ1n) is 16.8. The molecule has 6 rings (SSSR count). The summed E-state index contributed by atoms with van der Waals surface area (Å²) >= 11 is 0. The maximum atomic E-state index is 2.70. The Morgan fingerprint density at radius 1 is 0.535 bits per heavy atom. The van der Waals surface area contributed by atoms with Crippen LogP contribution in [-0.2, 0) is 12.8 Å². The van der Waals surface area contributed by atoms with Gasteiger partial charge in [-0.25, -0.2) is 0 Å². The zero-order valence-electron chi connectivity index (χ0n) is 26.8. The predicted molar refractivity (Wildman–Crippen MR) is 191 cm³/mol. The van der Waals surface area contributed by atoms with Gasteiger partial charge in [-0.15, -0.1) is 0 Å². The summed E-state index contributed by atoms with van der Waals surface area (Å²) < 4.78 is 0. The van der Waals surface area contributed by atoms with Crippen molar-refractivity contribution < 1.29 is 0 Å². The number of fused-ring (bicyclic) bond motifs is 2. The minimum atomic E-state index is -1.95. The van der Waals surface area contributed by atoms with Gasteiger partial charge in [-0.05, 0) is 83.3 Å². The van der Waals surface area contributed by atoms with Crippen molar-refractivity contribution in [3.05, 3.63) is 129 Å². The Bertz CT molecular complexity index is 1540. The van der Waals surface area contributed by atoms with Gasteiger partial charge in [0, 0.05) is 0 Å². The van der Waals surface area contributed by atoms with E-state index in [0.717, 1.165) is 12.8 Å². The van der Waals surface area contributed by atoms with Crippen LogP contribution >= 0.6 is 0 Å². The van der Waals surface area contributed by atoms with Crippen LogP contribution in [0.4, 0.5) is 0 Å². The molecule has 4 aromatic rings. The van der Waals surface area contributed by atoms with Crippen molar-refractivity contribution >= 4 is 20.2 Å². The average Bonchev–Trinajstić information content (AvgIpc) is 3.66. The minimum Gasteiger partial charge on any atom is -0.0709 e. The van der Waals surface area contributed by atoms with Crippen molar-refractivity contribution in [1.82, 2.24) is 0 Å². The molecular weight excluding hydrogens is 533 g/mol. The van der Waals surface area contributed by atoms with E-state index in [1.54, 1.807) is 10.4 Å². The molecule has 2 aliphatic rings. The van der Waals surface area contributed by atoms with Gasteiger partial charge in [-0.3, -0.25) is 0 Å². The second-order valence-electron chi connectivity index (χ2n) is 13.2. The van der Waals surface area contributed by atoms with E-state index in [9.17, 15) is 0 Å². The zero-order chi connectivity index (χ0) is 29.8. The highest BCUT2D eigenvalue weighted by Gasteiger charge is 2.43. The lowest BCUT2D eigenvalue weighted by Crippen LogP contribution is -2.40. The van der Waals surface area contributed by atoms with E-state index in [1.807, 2.05) is 0 Å². The number of hydrogen-bond acceptors (Lipinski definition) is 0. The van der Waals surface area contributed by atoms with E-state index in [-0.39, 0.29) is 0 Å². The number of unbranched alkanes of at least 4 members (excludes halogenated alkanes) is 4. The van der Waals surface area contributed by atoms with Gasteiger partial charge >= 0.3 is 0 Å². The summed E-state index contributed by atoms with van der Waals surface area (Å²) in [6.07, 6.45) is 15.6. The van der Waals surface area contributed by atoms with Gasteiger partial charge in [0.1, 0.15) is 8.07 Å². The molecule has 0 saturated carbocycles. The van der Waals surface area contributed by atoms with Crippen molar-refractivity contribution in [1.29, 1.82) is 0 Å². The lowest BCUT2D eigenvalue weighted by atomic mass is 9.96. The first-order chi connectivity index (χ1) is 21.0. The predicted octanol–water partition coefficient (Wildman–Crippen LogP) is 12.1. The lowest BCUT2D eigenvalue weighted by Gasteiger charge is -2.36. The van der Waals surface area contributed by atoms with Crippen molar-refractivity contribution in [2.45, 2.75) is 91.1 Å². The van der Waals surface area contributed by atoms with Crippen molar-refractivity contribution in [2.75, 3.05) is 0 Å². The molecular formula is C42H48Si. The van der Waals surface area contributed by atoms with Crippen molar-refractivity contribution in [3.63, 3.8) is 0 Å². The number of aryl methyl sites for hydroxylation is 2. The fourth-order valence-corrected chi connectivity index (χ4v) is 13.4. The highest BCUT2D eigenvalue weighted by Crippen LogP contribution is 2.48. The van der Waals surface area contributed by atoms with Gasteiger partial charge in [-0.1, -0.05) is 171 Å². The van der Waals surface area contributed by atoms with Gasteiger partial charge < -0.3 is 0 Å². The molecule has 0 amide bonds. The van der Waals surface area contributed by atoms with Crippen LogP contribution in [0.25, 0.3) is 34.4 Å². The first-order valence-corrected chi connectivity index (χ1v) is 19.2. The Morgan fingerprint density at radius 2 is 0.977 bits per heavy atom. The summed E-state index contributed by atoms with van der Waals surface area (Å²) in [4.78, 5) is 0. The fraction of sp³-hybridized carbons (Fsp3) is 0.333. The molecule has 0 N–H and O–H groups in total. The fourth-order valence-electron chi connectivity index (χ4n) is 7.81. The number of benzene rings is 4. The smallest absolute Gasteiger partial charge is 0.0709 e. The van der Waals surface area contributed by atoms with Crippen LogP contribution in [0.15, 0.2) is 95.3 Å². The van der Waals surface area contributed by atoms with Gasteiger partial charge in [0.05, 0.1) is 0 Å². The standard InChI is InChI=1S/C42H48Si/c1-5-7-9-23-43(24-10-8-6-2,37-27-35-19-13-21-39(41(35)29-37)33-17-11-15-31(3)25-33)38-28-36-20-14-22-40(42(36)30-38)34-18-12-16-32(4)26-34/h11-22,25-26,29-30H,5-10,23-24,27-28H2,1-4H3. The maximum Gasteiger partial charge on any atom is 0.109 e. The molecule has 0 radical (unpaired) electrons. The summed E-state index contributed by atoms with van der Waals surface area (Å²) in [6.45, 7) is 9.14. The Morgan fingerprint density at radius 3 is 1.40 bits per heavy atom. The Labute approximate surface area is 261 Å². The molecule has 0 aliphatic heterocycles. The third-order valence-electron chi connectivity index (χ3n) is 10.1. The molecule has 0 nitrogen and oxygen atoms in total. The summed E-state index contributed by atoms with van der Waals surface area (Å²) in [5.74, 6) is 0. The molecule has 0 aromatic heterocycles. The van der Waals surface area contributed by atoms with Gasteiger partial charge in [-0.2, -0.15) is 0 Å². The highest BCUT2D eigenvalue weighted by atomic mass is 28.3. The van der Waals surface area contributed by atoms with Gasteiger partial charge in [0.15, 0.2) is 0 Å². The molecule has 2 aliphatic carbocycles. The van der Waals surface area contributed by atoms with E-state index >= 15 is 0 Å². The Balaban J connectivity index is 1.48. The Hall–Kier alpha value is -3.42. The molecule has 43 heavy (non-hydrogen) atoms. The van der Waals surface area contributed by atoms with E-state index < -0.39 is 8.07 Å². The van der Waals surface area contributed by atoms with Crippen LogP contribution in [0.2, 0.25) is 12.1 Å². The zero-order valence-corrected chi connectivity index (χ0v) is 27.8. The summed E-state index contributed by atoms with van der Waals surface area (Å²) in [7, 11) is -1.95. The van der Waals surface area contributed by atoms with Gasteiger partial charge in [0.2, 0.25) is 0 Å². The van der Waals surface area contributed by atoms with Crippen LogP contribution in [0.1, 0.15) is 85.8 Å². The van der Waals surface area contributed by atoms with E-state index in [2.05, 4.69) is 125 Å². The minimum absolute atomic E-state index is 1.14. The summed E-state index contributed by atoms with van der Waals surface area (Å²) in [5.41, 5.74) is 14.2. The van der Waals surface area contributed by atoms with E-state index in [1.165, 1.54) is 106 Å². The third-order valence-corrected chi connectivity index (χ3v) is 15.6. The lowest BCUT2D eigenvalue weighted by molar-refractivity contribution is 0.739. The van der Waals surface area contributed by atoms with Crippen LogP contribution in [0.3, 0.4) is 0 Å². The second-order valence-corrected chi connectivity index (χ2v) is 17.6. The molecule has 0 fully saturated rings. The molecule has 0 atom stereocenters. The SMILES string of the molecule is CCCCC[Si](CCCCC)(C1=Cc2c(cccc2-c2cccc(C)c2)C1)C1=Cc2c(cccc2-c2cccc(C)c2)C1. The maximum absolute atomic E-state index is 2.70. The molecule has 0 unspecified atom stereocenters. The Kier molecular flexibility index (Phi) is 9.00. The van der Waals surface area contributed by atoms with Crippen molar-refractivity contribution in [3.8, 4) is 22.3 Å². The average molecular weight is 581 g/mol. The summed E-state index contributed by atoms with van der Waals surface area (Å²) in [5, 5.41) is 3.59. The monoisotopic (exact) mass is 580 g/mol. The van der Waals surface area contributed by atoms with E-state index in [4.69, 9.17) is 0 Å². The van der Waals surface area contributed by atoms with Crippen LogP contribution in [-0.4, -0.2) is 8.07 Å². The van der Waals surface area contributed by atoms with Crippen molar-refractivity contribution in [2.24, 2.45) is 0 Å². The molecule has 4 aromatic carbocycles. The number of rotatable bonds is 12. The topological polar surface area (TPSA) is 0 Å². The molecule has 0 heterocycles.